The third kappa shape index (κ3) is 3.00. The number of carbonyl (C=O) groups excluding carboxylic acids is 1. The van der Waals surface area contributed by atoms with Gasteiger partial charge in [-0.25, -0.2) is 0 Å². The van der Waals surface area contributed by atoms with Crippen LogP contribution >= 0.6 is 0 Å². The highest BCUT2D eigenvalue weighted by Crippen LogP contribution is 2.27. The van der Waals surface area contributed by atoms with Crippen LogP contribution in [0.4, 0.5) is 0 Å². The summed E-state index contributed by atoms with van der Waals surface area (Å²) in [5.74, 6) is 2.45. The van der Waals surface area contributed by atoms with Crippen molar-refractivity contribution in [3.63, 3.8) is 0 Å². The highest BCUT2D eigenvalue weighted by molar-refractivity contribution is 5.76. The molecule has 1 saturated heterocycles. The van der Waals surface area contributed by atoms with Gasteiger partial charge in [-0.3, -0.25) is 4.79 Å². The van der Waals surface area contributed by atoms with Crippen molar-refractivity contribution in [1.82, 2.24) is 4.90 Å². The molecule has 0 bridgehead atoms. The van der Waals surface area contributed by atoms with Gasteiger partial charge >= 0.3 is 0 Å². The molecule has 1 rings (SSSR count). The number of carbonyl (C=O) groups is 1. The minimum absolute atomic E-state index is 0.331. The Hall–Kier alpha value is -0.530. The van der Waals surface area contributed by atoms with E-state index in [1.54, 1.807) is 0 Å². The first-order valence-corrected chi connectivity index (χ1v) is 5.74. The maximum atomic E-state index is 11.5. The summed E-state index contributed by atoms with van der Waals surface area (Å²) in [6.07, 6.45) is 3.18. The molecule has 0 aromatic carbocycles. The number of rotatable bonds is 3. The number of hydrogen-bond acceptors (Lipinski definition) is 1. The predicted molar refractivity (Wildman–Crippen MR) is 59.0 cm³/mol. The first-order valence-electron chi connectivity index (χ1n) is 5.74. The van der Waals surface area contributed by atoms with Crippen molar-refractivity contribution < 1.29 is 4.79 Å². The summed E-state index contributed by atoms with van der Waals surface area (Å²) >= 11 is 0. The van der Waals surface area contributed by atoms with Gasteiger partial charge in [0.25, 0.3) is 0 Å². The normalized spacial score (nSPS) is 25.6. The van der Waals surface area contributed by atoms with E-state index in [9.17, 15) is 4.79 Å². The zero-order valence-corrected chi connectivity index (χ0v) is 9.92. The Morgan fingerprint density at radius 2 is 2.07 bits per heavy atom. The van der Waals surface area contributed by atoms with Gasteiger partial charge in [0.05, 0.1) is 0 Å². The first kappa shape index (κ1) is 11.5. The second kappa shape index (κ2) is 4.81. The first-order chi connectivity index (χ1) is 6.50. The Labute approximate surface area is 87.7 Å². The Morgan fingerprint density at radius 1 is 1.43 bits per heavy atom. The van der Waals surface area contributed by atoms with E-state index in [-0.39, 0.29) is 0 Å². The van der Waals surface area contributed by atoms with Gasteiger partial charge in [-0.1, -0.05) is 20.8 Å². The lowest BCUT2D eigenvalue weighted by atomic mass is 9.83. The van der Waals surface area contributed by atoms with E-state index in [1.807, 2.05) is 11.9 Å². The lowest BCUT2D eigenvalue weighted by molar-refractivity contribution is -0.133. The Bertz CT molecular complexity index is 200. The molecule has 0 spiro atoms. The molecular formula is C12H23NO. The van der Waals surface area contributed by atoms with Crippen molar-refractivity contribution in [2.75, 3.05) is 13.6 Å². The smallest absolute Gasteiger partial charge is 0.222 e. The van der Waals surface area contributed by atoms with Crippen molar-refractivity contribution in [2.45, 2.75) is 40.0 Å². The molecule has 0 N–H and O–H groups in total. The van der Waals surface area contributed by atoms with E-state index in [4.69, 9.17) is 0 Å². The maximum absolute atomic E-state index is 11.5. The van der Waals surface area contributed by atoms with Crippen LogP contribution in [0.5, 0.6) is 0 Å². The topological polar surface area (TPSA) is 20.3 Å². The van der Waals surface area contributed by atoms with Gasteiger partial charge in [-0.2, -0.15) is 0 Å². The fourth-order valence-corrected chi connectivity index (χ4v) is 2.00. The lowest BCUT2D eigenvalue weighted by Gasteiger charge is -2.31. The van der Waals surface area contributed by atoms with Crippen LogP contribution in [0.2, 0.25) is 0 Å². The molecule has 0 aromatic rings. The van der Waals surface area contributed by atoms with E-state index >= 15 is 0 Å². The Kier molecular flexibility index (Phi) is 3.97. The van der Waals surface area contributed by atoms with E-state index in [0.717, 1.165) is 24.8 Å². The van der Waals surface area contributed by atoms with Crippen molar-refractivity contribution in [3.05, 3.63) is 0 Å². The van der Waals surface area contributed by atoms with Gasteiger partial charge in [0.15, 0.2) is 0 Å². The van der Waals surface area contributed by atoms with Gasteiger partial charge in [0.2, 0.25) is 5.91 Å². The van der Waals surface area contributed by atoms with E-state index in [0.29, 0.717) is 11.8 Å². The number of nitrogens with zero attached hydrogens (tertiary/aromatic N) is 1. The van der Waals surface area contributed by atoms with Crippen LogP contribution in [0.25, 0.3) is 0 Å². The largest absolute Gasteiger partial charge is 0.346 e. The minimum atomic E-state index is 0.331. The third-order valence-corrected chi connectivity index (χ3v) is 3.60. The molecule has 0 radical (unpaired) electrons. The van der Waals surface area contributed by atoms with Crippen LogP contribution in [0.15, 0.2) is 0 Å². The van der Waals surface area contributed by atoms with E-state index in [1.165, 1.54) is 12.8 Å². The second-order valence-electron chi connectivity index (χ2n) is 5.13. The van der Waals surface area contributed by atoms with Crippen LogP contribution in [0.1, 0.15) is 40.0 Å². The molecule has 2 heteroatoms. The number of piperidine rings is 1. The highest BCUT2D eigenvalue weighted by Gasteiger charge is 2.25. The van der Waals surface area contributed by atoms with Crippen molar-refractivity contribution >= 4 is 5.91 Å². The highest BCUT2D eigenvalue weighted by atomic mass is 16.2. The Balaban J connectivity index is 2.36. The molecule has 1 amide bonds. The minimum Gasteiger partial charge on any atom is -0.346 e. The predicted octanol–water partition coefficient (Wildman–Crippen LogP) is 2.54. The summed E-state index contributed by atoms with van der Waals surface area (Å²) < 4.78 is 0. The third-order valence-electron chi connectivity index (χ3n) is 3.60. The van der Waals surface area contributed by atoms with E-state index in [2.05, 4.69) is 20.8 Å². The molecule has 14 heavy (non-hydrogen) atoms. The summed E-state index contributed by atoms with van der Waals surface area (Å²) in [7, 11) is 1.91. The summed E-state index contributed by atoms with van der Waals surface area (Å²) in [6.45, 7) is 7.78. The van der Waals surface area contributed by atoms with Crippen LogP contribution in [-0.2, 0) is 4.79 Å². The molecule has 2 unspecified atom stereocenters. The standard InChI is InChI=1S/C12H23NO/c1-9(2)10(3)7-11-5-6-13(4)12(14)8-11/h9-11H,5-8H2,1-4H3. The molecule has 2 atom stereocenters. The van der Waals surface area contributed by atoms with Crippen molar-refractivity contribution in [1.29, 1.82) is 0 Å². The molecule has 1 aliphatic heterocycles. The fraction of sp³-hybridized carbons (Fsp3) is 0.917. The molecule has 0 aliphatic carbocycles. The summed E-state index contributed by atoms with van der Waals surface area (Å²) in [5.41, 5.74) is 0. The van der Waals surface area contributed by atoms with Crippen LogP contribution in [0, 0.1) is 17.8 Å². The Morgan fingerprint density at radius 3 is 2.57 bits per heavy atom. The van der Waals surface area contributed by atoms with Crippen molar-refractivity contribution in [2.24, 2.45) is 17.8 Å². The molecule has 1 heterocycles. The number of hydrogen-bond donors (Lipinski definition) is 0. The number of amides is 1. The van der Waals surface area contributed by atoms with Gasteiger partial charge < -0.3 is 4.90 Å². The number of likely N-dealkylation sites (tertiary alicyclic amines) is 1. The SMILES string of the molecule is CC(C)C(C)CC1CCN(C)C(=O)C1. The average molecular weight is 197 g/mol. The van der Waals surface area contributed by atoms with E-state index < -0.39 is 0 Å². The fourth-order valence-electron chi connectivity index (χ4n) is 2.00. The monoisotopic (exact) mass is 197 g/mol. The molecule has 82 valence electrons. The quantitative estimate of drug-likeness (QED) is 0.681. The van der Waals surface area contributed by atoms with Gasteiger partial charge in [0, 0.05) is 20.0 Å². The van der Waals surface area contributed by atoms with Crippen molar-refractivity contribution in [3.8, 4) is 0 Å². The average Bonchev–Trinajstić information content (AvgIpc) is 2.11. The summed E-state index contributed by atoms with van der Waals surface area (Å²) in [5, 5.41) is 0. The van der Waals surface area contributed by atoms with Crippen LogP contribution in [-0.4, -0.2) is 24.4 Å². The molecular weight excluding hydrogens is 174 g/mol. The lowest BCUT2D eigenvalue weighted by Crippen LogP contribution is -2.36. The molecule has 1 aliphatic rings. The molecule has 0 aromatic heterocycles. The maximum Gasteiger partial charge on any atom is 0.222 e. The molecule has 0 saturated carbocycles. The van der Waals surface area contributed by atoms with Gasteiger partial charge in [-0.15, -0.1) is 0 Å². The summed E-state index contributed by atoms with van der Waals surface area (Å²) in [6, 6.07) is 0. The zero-order valence-electron chi connectivity index (χ0n) is 9.92. The molecule has 1 fully saturated rings. The van der Waals surface area contributed by atoms with Gasteiger partial charge in [0.1, 0.15) is 0 Å². The zero-order chi connectivity index (χ0) is 10.7. The van der Waals surface area contributed by atoms with Crippen LogP contribution in [0.3, 0.4) is 0 Å². The second-order valence-corrected chi connectivity index (χ2v) is 5.13. The molecule has 2 nitrogen and oxygen atoms in total. The van der Waals surface area contributed by atoms with Gasteiger partial charge in [-0.05, 0) is 30.6 Å². The summed E-state index contributed by atoms with van der Waals surface area (Å²) in [4.78, 5) is 13.3. The van der Waals surface area contributed by atoms with Crippen LogP contribution < -0.4 is 0 Å².